The molecule has 130 valence electrons. The van der Waals surface area contributed by atoms with Gasteiger partial charge in [0.1, 0.15) is 25.5 Å². The number of rotatable bonds is 5. The van der Waals surface area contributed by atoms with Crippen LogP contribution in [0.5, 0.6) is 5.75 Å². The molecule has 25 heavy (non-hydrogen) atoms. The smallest absolute Gasteiger partial charge is 0.187 e. The van der Waals surface area contributed by atoms with Crippen LogP contribution < -0.4 is 4.74 Å². The van der Waals surface area contributed by atoms with Crippen LogP contribution in [0, 0.1) is 18.3 Å². The van der Waals surface area contributed by atoms with Crippen LogP contribution in [-0.2, 0) is 16.9 Å². The maximum absolute atomic E-state index is 9.31. The number of benzene rings is 2. The van der Waals surface area contributed by atoms with E-state index in [-0.39, 0.29) is 11.1 Å². The molecule has 2 aromatic carbocycles. The zero-order chi connectivity index (χ0) is 18.4. The molecular formula is C21H24N2O2. The van der Waals surface area contributed by atoms with Gasteiger partial charge in [0.05, 0.1) is 0 Å². The topological polar surface area (TPSA) is 54.6 Å². The lowest BCUT2D eigenvalue weighted by molar-refractivity contribution is 0.214. The van der Waals surface area contributed by atoms with E-state index in [1.165, 1.54) is 7.11 Å². The van der Waals surface area contributed by atoms with Gasteiger partial charge in [-0.2, -0.15) is 5.26 Å². The maximum atomic E-state index is 9.31. The minimum Gasteiger partial charge on any atom is -0.489 e. The van der Waals surface area contributed by atoms with Gasteiger partial charge in [0.25, 0.3) is 0 Å². The van der Waals surface area contributed by atoms with Crippen LogP contribution in [0.1, 0.15) is 43.0 Å². The molecular weight excluding hydrogens is 312 g/mol. The molecule has 0 aliphatic heterocycles. The first-order valence-corrected chi connectivity index (χ1v) is 8.20. The number of aryl methyl sites for hydroxylation is 1. The minimum atomic E-state index is -0.0160. The van der Waals surface area contributed by atoms with Crippen molar-refractivity contribution in [3.63, 3.8) is 0 Å². The lowest BCUT2D eigenvalue weighted by Crippen LogP contribution is -2.14. The van der Waals surface area contributed by atoms with Crippen LogP contribution in [0.3, 0.4) is 0 Å². The Bertz CT molecular complexity index is 811. The molecule has 4 heteroatoms. The number of hydrogen-bond donors (Lipinski definition) is 0. The standard InChI is InChI=1S/C21H24N2O2/c1-15-10-11-18(21(2,3)4)20(12-15)25-14-16-8-6-7-9-17(16)19(13-22)23-24-5/h6-12H,14H2,1-5H3/b23-19-. The second-order valence-electron chi connectivity index (χ2n) is 6.93. The summed E-state index contributed by atoms with van der Waals surface area (Å²) in [7, 11) is 1.43. The lowest BCUT2D eigenvalue weighted by atomic mass is 9.86. The van der Waals surface area contributed by atoms with E-state index in [2.05, 4.69) is 50.2 Å². The van der Waals surface area contributed by atoms with Gasteiger partial charge in [0.15, 0.2) is 5.71 Å². The van der Waals surface area contributed by atoms with Crippen LogP contribution in [-0.4, -0.2) is 12.8 Å². The van der Waals surface area contributed by atoms with Gasteiger partial charge in [-0.15, -0.1) is 0 Å². The molecule has 0 aliphatic carbocycles. The van der Waals surface area contributed by atoms with Gasteiger partial charge >= 0.3 is 0 Å². The SMILES string of the molecule is CO/N=C(/C#N)c1ccccc1COc1cc(C)ccc1C(C)(C)C. The second-order valence-corrected chi connectivity index (χ2v) is 6.93. The van der Waals surface area contributed by atoms with E-state index in [4.69, 9.17) is 9.57 Å². The molecule has 0 radical (unpaired) electrons. The first kappa shape index (κ1) is 18.5. The first-order chi connectivity index (χ1) is 11.9. The molecule has 0 unspecified atom stereocenters. The van der Waals surface area contributed by atoms with Gasteiger partial charge in [-0.25, -0.2) is 0 Å². The van der Waals surface area contributed by atoms with E-state index in [1.54, 1.807) is 0 Å². The number of nitrogens with zero attached hydrogens (tertiary/aromatic N) is 2. The van der Waals surface area contributed by atoms with Crippen LogP contribution in [0.15, 0.2) is 47.6 Å². The van der Waals surface area contributed by atoms with Crippen molar-refractivity contribution in [3.8, 4) is 11.8 Å². The Morgan fingerprint density at radius 3 is 2.52 bits per heavy atom. The Morgan fingerprint density at radius 1 is 1.16 bits per heavy atom. The third kappa shape index (κ3) is 4.60. The Hall–Kier alpha value is -2.80. The Kier molecular flexibility index (Phi) is 5.82. The highest BCUT2D eigenvalue weighted by Crippen LogP contribution is 2.32. The predicted octanol–water partition coefficient (Wildman–Crippen LogP) is 4.75. The quantitative estimate of drug-likeness (QED) is 0.585. The van der Waals surface area contributed by atoms with E-state index in [9.17, 15) is 5.26 Å². The molecule has 0 saturated heterocycles. The van der Waals surface area contributed by atoms with Crippen LogP contribution in [0.2, 0.25) is 0 Å². The molecule has 0 atom stereocenters. The molecule has 4 nitrogen and oxygen atoms in total. The molecule has 0 aliphatic rings. The molecule has 0 N–H and O–H groups in total. The summed E-state index contributed by atoms with van der Waals surface area (Å²) < 4.78 is 6.14. The minimum absolute atomic E-state index is 0.0160. The van der Waals surface area contributed by atoms with Gasteiger partial charge in [-0.3, -0.25) is 0 Å². The normalized spacial score (nSPS) is 11.8. The van der Waals surface area contributed by atoms with Crippen molar-refractivity contribution in [2.45, 2.75) is 39.7 Å². The van der Waals surface area contributed by atoms with Crippen molar-refractivity contribution in [1.29, 1.82) is 5.26 Å². The maximum Gasteiger partial charge on any atom is 0.187 e. The number of nitriles is 1. The summed E-state index contributed by atoms with van der Waals surface area (Å²) >= 11 is 0. The van der Waals surface area contributed by atoms with Gasteiger partial charge in [-0.1, -0.05) is 62.3 Å². The average Bonchev–Trinajstić information content (AvgIpc) is 2.57. The van der Waals surface area contributed by atoms with Crippen LogP contribution >= 0.6 is 0 Å². The Morgan fingerprint density at radius 2 is 1.88 bits per heavy atom. The molecule has 0 spiro atoms. The fourth-order valence-electron chi connectivity index (χ4n) is 2.62. The second kappa shape index (κ2) is 7.85. The highest BCUT2D eigenvalue weighted by Gasteiger charge is 2.19. The molecule has 2 rings (SSSR count). The fraction of sp³-hybridized carbons (Fsp3) is 0.333. The van der Waals surface area contributed by atoms with Crippen LogP contribution in [0.4, 0.5) is 0 Å². The summed E-state index contributed by atoms with van der Waals surface area (Å²) in [4.78, 5) is 4.77. The highest BCUT2D eigenvalue weighted by molar-refractivity contribution is 6.12. The monoisotopic (exact) mass is 336 g/mol. The Balaban J connectivity index is 2.34. The van der Waals surface area contributed by atoms with E-state index < -0.39 is 0 Å². The molecule has 0 fully saturated rings. The molecule has 0 bridgehead atoms. The summed E-state index contributed by atoms with van der Waals surface area (Å²) in [6.07, 6.45) is 0. The Labute approximate surface area is 149 Å². The predicted molar refractivity (Wildman–Crippen MR) is 99.8 cm³/mol. The molecule has 2 aromatic rings. The van der Waals surface area contributed by atoms with Gasteiger partial charge in [-0.05, 0) is 35.1 Å². The summed E-state index contributed by atoms with van der Waals surface area (Å²) in [6, 6.07) is 15.9. The van der Waals surface area contributed by atoms with E-state index in [0.717, 1.165) is 28.0 Å². The van der Waals surface area contributed by atoms with E-state index in [0.29, 0.717) is 6.61 Å². The summed E-state index contributed by atoms with van der Waals surface area (Å²) in [5.41, 5.74) is 4.13. The van der Waals surface area contributed by atoms with Crippen molar-refractivity contribution in [1.82, 2.24) is 0 Å². The van der Waals surface area contributed by atoms with Crippen molar-refractivity contribution in [3.05, 3.63) is 64.7 Å². The zero-order valence-electron chi connectivity index (χ0n) is 15.5. The van der Waals surface area contributed by atoms with E-state index >= 15 is 0 Å². The summed E-state index contributed by atoms with van der Waals surface area (Å²) in [5, 5.41) is 13.1. The largest absolute Gasteiger partial charge is 0.489 e. The fourth-order valence-corrected chi connectivity index (χ4v) is 2.62. The van der Waals surface area contributed by atoms with Gasteiger partial charge < -0.3 is 9.57 Å². The molecule has 0 aromatic heterocycles. The zero-order valence-corrected chi connectivity index (χ0v) is 15.5. The summed E-state index contributed by atoms with van der Waals surface area (Å²) in [5.74, 6) is 0.865. The van der Waals surface area contributed by atoms with E-state index in [1.807, 2.05) is 31.2 Å². The van der Waals surface area contributed by atoms with Crippen LogP contribution in [0.25, 0.3) is 0 Å². The van der Waals surface area contributed by atoms with Gasteiger partial charge in [0, 0.05) is 5.56 Å². The average molecular weight is 336 g/mol. The molecule has 0 saturated carbocycles. The first-order valence-electron chi connectivity index (χ1n) is 8.20. The molecule has 0 amide bonds. The van der Waals surface area contributed by atoms with Crippen molar-refractivity contribution >= 4 is 5.71 Å². The van der Waals surface area contributed by atoms with Gasteiger partial charge in [0.2, 0.25) is 0 Å². The summed E-state index contributed by atoms with van der Waals surface area (Å²) in [6.45, 7) is 8.89. The third-order valence-corrected chi connectivity index (χ3v) is 3.89. The number of hydrogen-bond acceptors (Lipinski definition) is 4. The lowest BCUT2D eigenvalue weighted by Gasteiger charge is -2.23. The highest BCUT2D eigenvalue weighted by atomic mass is 16.6. The number of ether oxygens (including phenoxy) is 1. The number of oxime groups is 1. The van der Waals surface area contributed by atoms with Crippen molar-refractivity contribution < 1.29 is 9.57 Å². The molecule has 0 heterocycles. The van der Waals surface area contributed by atoms with Crippen molar-refractivity contribution in [2.24, 2.45) is 5.16 Å². The third-order valence-electron chi connectivity index (χ3n) is 3.89. The van der Waals surface area contributed by atoms with Crippen molar-refractivity contribution in [2.75, 3.05) is 7.11 Å².